The van der Waals surface area contributed by atoms with Gasteiger partial charge in [0.15, 0.2) is 10.6 Å². The Morgan fingerprint density at radius 3 is 2.62 bits per heavy atom. The van der Waals surface area contributed by atoms with Gasteiger partial charge in [-0.05, 0) is 43.0 Å². The topological polar surface area (TPSA) is 114 Å². The molecule has 224 valence electrons. The number of nitrogens with one attached hydrogen (secondary N) is 1. The summed E-state index contributed by atoms with van der Waals surface area (Å²) in [5, 5.41) is 21.2. The summed E-state index contributed by atoms with van der Waals surface area (Å²) >= 11 is 3.04. The quantitative estimate of drug-likeness (QED) is 0.331. The van der Waals surface area contributed by atoms with E-state index in [0.29, 0.717) is 34.7 Å². The molecule has 2 amide bonds. The van der Waals surface area contributed by atoms with E-state index in [1.807, 2.05) is 31.2 Å². The van der Waals surface area contributed by atoms with Crippen molar-refractivity contribution in [2.75, 3.05) is 17.6 Å². The molecule has 2 aliphatic heterocycles. The Morgan fingerprint density at radius 1 is 1.14 bits per heavy atom. The van der Waals surface area contributed by atoms with E-state index >= 15 is 0 Å². The number of nitrogens with zero attached hydrogens (tertiary/aromatic N) is 3. The molecule has 2 aliphatic rings. The molecule has 2 saturated heterocycles. The van der Waals surface area contributed by atoms with Gasteiger partial charge in [-0.15, -0.1) is 10.2 Å². The number of aromatic nitrogens is 2. The van der Waals surface area contributed by atoms with E-state index in [0.717, 1.165) is 20.5 Å². The van der Waals surface area contributed by atoms with Crippen molar-refractivity contribution in [2.24, 2.45) is 0 Å². The van der Waals surface area contributed by atoms with E-state index < -0.39 is 30.3 Å². The first-order valence-corrected chi connectivity index (χ1v) is 15.1. The lowest BCUT2D eigenvalue weighted by Crippen LogP contribution is -2.48. The number of amides is 2. The Labute approximate surface area is 248 Å². The van der Waals surface area contributed by atoms with E-state index in [9.17, 15) is 27.9 Å². The molecule has 0 radical (unpaired) electrons. The van der Waals surface area contributed by atoms with Crippen molar-refractivity contribution in [1.29, 1.82) is 0 Å². The molecule has 0 unspecified atom stereocenters. The normalized spacial score (nSPS) is 22.7. The van der Waals surface area contributed by atoms with Crippen molar-refractivity contribution < 1.29 is 37.3 Å². The first-order valence-electron chi connectivity index (χ1n) is 13.3. The molecule has 2 aromatic carbocycles. The maximum atomic E-state index is 13.0. The lowest BCUT2D eigenvalue weighted by molar-refractivity contribution is -0.245. The number of carbonyl (C=O) groups excluding carboxylic acids is 2. The summed E-state index contributed by atoms with van der Waals surface area (Å²) in [7, 11) is 0. The van der Waals surface area contributed by atoms with Gasteiger partial charge in [0.1, 0.15) is 11.0 Å². The summed E-state index contributed by atoms with van der Waals surface area (Å²) in [4.78, 5) is 25.3. The van der Waals surface area contributed by atoms with Crippen LogP contribution in [0.1, 0.15) is 53.4 Å². The number of alkyl halides is 3. The average molecular weight is 623 g/mol. The van der Waals surface area contributed by atoms with Gasteiger partial charge in [0.05, 0.1) is 18.8 Å². The number of aliphatic hydroxyl groups is 1. The predicted molar refractivity (Wildman–Crippen MR) is 150 cm³/mol. The first kappa shape index (κ1) is 30.4. The van der Waals surface area contributed by atoms with Crippen LogP contribution in [0.3, 0.4) is 0 Å². The van der Waals surface area contributed by atoms with Crippen molar-refractivity contribution >= 4 is 40.6 Å². The molecule has 3 heterocycles. The highest BCUT2D eigenvalue weighted by Crippen LogP contribution is 2.40. The smallest absolute Gasteiger partial charge is 0.392 e. The highest BCUT2D eigenvalue weighted by Gasteiger charge is 2.47. The van der Waals surface area contributed by atoms with Crippen molar-refractivity contribution in [3.63, 3.8) is 0 Å². The number of aryl methyl sites for hydroxylation is 1. The molecule has 1 aromatic heterocycles. The fourth-order valence-corrected chi connectivity index (χ4v) is 6.82. The van der Waals surface area contributed by atoms with Crippen LogP contribution in [-0.2, 0) is 25.7 Å². The number of hydrogen-bond donors (Lipinski definition) is 2. The van der Waals surface area contributed by atoms with Gasteiger partial charge in [0.25, 0.3) is 0 Å². The van der Waals surface area contributed by atoms with Crippen LogP contribution in [0.4, 0.5) is 18.9 Å². The Morgan fingerprint density at radius 2 is 1.93 bits per heavy atom. The number of hydrogen-bond acceptors (Lipinski definition) is 9. The summed E-state index contributed by atoms with van der Waals surface area (Å²) in [6, 6.07) is 13.0. The highest BCUT2D eigenvalue weighted by atomic mass is 32.2. The zero-order valence-electron chi connectivity index (χ0n) is 22.5. The molecule has 0 saturated carbocycles. The Balaban J connectivity index is 1.32. The Bertz CT molecular complexity index is 1400. The van der Waals surface area contributed by atoms with Crippen LogP contribution in [0.25, 0.3) is 0 Å². The van der Waals surface area contributed by atoms with E-state index in [1.165, 1.54) is 11.3 Å². The van der Waals surface area contributed by atoms with Gasteiger partial charge in [0.2, 0.25) is 5.91 Å². The molecule has 2 N–H and O–H groups in total. The number of benzene rings is 2. The summed E-state index contributed by atoms with van der Waals surface area (Å²) in [5.41, 5.74) is 2.66. The monoisotopic (exact) mass is 622 g/mol. The number of rotatable bonds is 8. The second-order valence-corrected chi connectivity index (χ2v) is 12.5. The molecule has 0 bridgehead atoms. The second-order valence-electron chi connectivity index (χ2n) is 10.0. The lowest BCUT2D eigenvalue weighted by Gasteiger charge is -2.36. The van der Waals surface area contributed by atoms with Crippen molar-refractivity contribution in [3.8, 4) is 0 Å². The zero-order valence-corrected chi connectivity index (χ0v) is 24.2. The first-order chi connectivity index (χ1) is 20.1. The van der Waals surface area contributed by atoms with Gasteiger partial charge < -0.3 is 24.8 Å². The summed E-state index contributed by atoms with van der Waals surface area (Å²) < 4.78 is 52.6. The van der Waals surface area contributed by atoms with Crippen LogP contribution in [0.2, 0.25) is 0 Å². The fourth-order valence-electron chi connectivity index (χ4n) is 4.96. The van der Waals surface area contributed by atoms with Gasteiger partial charge in [-0.1, -0.05) is 59.5 Å². The van der Waals surface area contributed by atoms with Crippen molar-refractivity contribution in [3.05, 3.63) is 70.2 Å². The number of likely N-dealkylation sites (tertiary alicyclic amines) is 1. The second kappa shape index (κ2) is 13.1. The van der Waals surface area contributed by atoms with Gasteiger partial charge in [0, 0.05) is 30.0 Å². The highest BCUT2D eigenvalue weighted by molar-refractivity contribution is 8.01. The van der Waals surface area contributed by atoms with Crippen LogP contribution in [0, 0.1) is 6.92 Å². The summed E-state index contributed by atoms with van der Waals surface area (Å²) in [5.74, 6) is -2.10. The third-order valence-electron chi connectivity index (χ3n) is 7.00. The summed E-state index contributed by atoms with van der Waals surface area (Å²) in [6.45, 7) is 1.69. The fraction of sp³-hybridized carbons (Fsp3) is 0.429. The molecule has 0 aliphatic carbocycles. The molecule has 14 heteroatoms. The standard InChI is InChI=1S/C28H29F3N4O5S2/c1-16-33-34-27(42-16)41-15-21-13-23(18-9-7-17(14-36)8-10-18)40-25(39-21)19-4-2-5-20(12-19)32-24(37)22-6-3-11-35(22)26(38)28(29,30)31/h2,4-5,7-10,12,21-23,25,36H,3,6,11,13-15H2,1H3,(H,32,37)/t21-,22+,23+,25+/m1/s1. The Kier molecular flexibility index (Phi) is 9.47. The third kappa shape index (κ3) is 7.29. The largest absolute Gasteiger partial charge is 0.471 e. The maximum absolute atomic E-state index is 13.0. The lowest BCUT2D eigenvalue weighted by atomic mass is 10.0. The van der Waals surface area contributed by atoms with Crippen LogP contribution in [-0.4, -0.2) is 62.6 Å². The van der Waals surface area contributed by atoms with Crippen molar-refractivity contribution in [1.82, 2.24) is 15.1 Å². The maximum Gasteiger partial charge on any atom is 0.471 e. The van der Waals surface area contributed by atoms with Crippen LogP contribution in [0.5, 0.6) is 0 Å². The van der Waals surface area contributed by atoms with Crippen LogP contribution < -0.4 is 5.32 Å². The number of aliphatic hydroxyl groups excluding tert-OH is 1. The number of anilines is 1. The van der Waals surface area contributed by atoms with Crippen LogP contribution >= 0.6 is 23.1 Å². The van der Waals surface area contributed by atoms with Crippen LogP contribution in [0.15, 0.2) is 52.9 Å². The van der Waals surface area contributed by atoms with Gasteiger partial charge in [-0.25, -0.2) is 0 Å². The van der Waals surface area contributed by atoms with E-state index in [2.05, 4.69) is 15.5 Å². The molecule has 42 heavy (non-hydrogen) atoms. The zero-order chi connectivity index (χ0) is 29.9. The van der Waals surface area contributed by atoms with Gasteiger partial charge in [-0.3, -0.25) is 9.59 Å². The molecule has 9 nitrogen and oxygen atoms in total. The van der Waals surface area contributed by atoms with Gasteiger partial charge >= 0.3 is 12.1 Å². The average Bonchev–Trinajstić information content (AvgIpc) is 3.64. The van der Waals surface area contributed by atoms with E-state index in [4.69, 9.17) is 9.47 Å². The number of ether oxygens (including phenoxy) is 2. The molecule has 5 rings (SSSR count). The third-order valence-corrected chi connectivity index (χ3v) is 9.10. The minimum absolute atomic E-state index is 0.0699. The van der Waals surface area contributed by atoms with E-state index in [1.54, 1.807) is 36.0 Å². The van der Waals surface area contributed by atoms with Crippen molar-refractivity contribution in [2.45, 2.75) is 67.8 Å². The minimum atomic E-state index is -5.04. The number of thioether (sulfide) groups is 1. The number of carbonyl (C=O) groups is 2. The number of halogens is 3. The molecule has 4 atom stereocenters. The molecule has 3 aromatic rings. The predicted octanol–water partition coefficient (Wildman–Crippen LogP) is 5.17. The Hall–Kier alpha value is -3.04. The molecule has 0 spiro atoms. The molecule has 2 fully saturated rings. The van der Waals surface area contributed by atoms with E-state index in [-0.39, 0.29) is 31.8 Å². The van der Waals surface area contributed by atoms with Gasteiger partial charge in [-0.2, -0.15) is 13.2 Å². The molecular formula is C28H29F3N4O5S2. The minimum Gasteiger partial charge on any atom is -0.392 e. The molecular weight excluding hydrogens is 593 g/mol. The SMILES string of the molecule is Cc1nnc(SC[C@H]2C[C@@H](c3ccc(CO)cc3)O[C@@H](c3cccc(NC(=O)[C@@H]4CCCN4C(=O)C(F)(F)F)c3)O2)s1. The summed E-state index contributed by atoms with van der Waals surface area (Å²) in [6.07, 6.45) is -5.36.